The molecule has 0 amide bonds. The predicted molar refractivity (Wildman–Crippen MR) is 108 cm³/mol. The van der Waals surface area contributed by atoms with E-state index >= 15 is 0 Å². The first-order valence-electron chi connectivity index (χ1n) is 9.24. The first-order chi connectivity index (χ1) is 13.5. The highest BCUT2D eigenvalue weighted by atomic mass is 35.5. The van der Waals surface area contributed by atoms with Gasteiger partial charge in [-0.15, -0.1) is 0 Å². The average Bonchev–Trinajstić information content (AvgIpc) is 3.04. The first kappa shape index (κ1) is 18.5. The second kappa shape index (κ2) is 7.64. The second-order valence-electron chi connectivity index (χ2n) is 7.12. The van der Waals surface area contributed by atoms with Crippen LogP contribution in [-0.4, -0.2) is 16.7 Å². The van der Waals surface area contributed by atoms with Gasteiger partial charge in [0.25, 0.3) is 0 Å². The second-order valence-corrected chi connectivity index (χ2v) is 7.56. The molecule has 4 nitrogen and oxygen atoms in total. The van der Waals surface area contributed by atoms with Crippen molar-refractivity contribution in [2.24, 2.45) is 0 Å². The Hall–Kier alpha value is -2.85. The van der Waals surface area contributed by atoms with Gasteiger partial charge in [0.15, 0.2) is 5.78 Å². The number of carbonyl (C=O) groups is 2. The van der Waals surface area contributed by atoms with Gasteiger partial charge >= 0.3 is 5.97 Å². The van der Waals surface area contributed by atoms with Crippen LogP contribution in [0.2, 0.25) is 5.02 Å². The number of carbonyl (C=O) groups excluding carboxylic acids is 2. The van der Waals surface area contributed by atoms with Crippen molar-refractivity contribution in [3.8, 4) is 0 Å². The molecule has 0 unspecified atom stereocenters. The number of nitrogens with one attached hydrogen (secondary N) is 1. The minimum absolute atomic E-state index is 0.0528. The van der Waals surface area contributed by atoms with Crippen LogP contribution in [0.25, 0.3) is 0 Å². The SMILES string of the molecule is Cc1c(C(=O)OCc2ccccc2)[nH]c2c1C(=O)C[C@@H](c1ccc(Cl)cc1)C2. The molecule has 0 aliphatic heterocycles. The number of rotatable bonds is 4. The largest absolute Gasteiger partial charge is 0.456 e. The van der Waals surface area contributed by atoms with Gasteiger partial charge in [-0.05, 0) is 48.1 Å². The van der Waals surface area contributed by atoms with Crippen molar-refractivity contribution in [1.29, 1.82) is 0 Å². The lowest BCUT2D eigenvalue weighted by atomic mass is 9.81. The maximum Gasteiger partial charge on any atom is 0.355 e. The molecule has 0 bridgehead atoms. The molecule has 5 heteroatoms. The van der Waals surface area contributed by atoms with Gasteiger partial charge in [0, 0.05) is 22.7 Å². The Morgan fingerprint density at radius 1 is 1.11 bits per heavy atom. The van der Waals surface area contributed by atoms with Crippen molar-refractivity contribution in [2.75, 3.05) is 0 Å². The van der Waals surface area contributed by atoms with Gasteiger partial charge in [0.2, 0.25) is 0 Å². The standard InChI is InChI=1S/C23H20ClNO3/c1-14-21-19(11-17(12-20(21)26)16-7-9-18(24)10-8-16)25-22(14)23(27)28-13-15-5-3-2-4-6-15/h2-10,17,25H,11-13H2,1H3/t17-/m0/s1. The van der Waals surface area contributed by atoms with E-state index in [2.05, 4.69) is 4.98 Å². The van der Waals surface area contributed by atoms with Gasteiger partial charge in [-0.2, -0.15) is 0 Å². The number of esters is 1. The van der Waals surface area contributed by atoms with E-state index in [4.69, 9.17) is 16.3 Å². The highest BCUT2D eigenvalue weighted by Crippen LogP contribution is 2.35. The molecule has 1 aromatic heterocycles. The quantitative estimate of drug-likeness (QED) is 0.616. The number of ketones is 1. The van der Waals surface area contributed by atoms with Gasteiger partial charge in [0.05, 0.1) is 0 Å². The van der Waals surface area contributed by atoms with E-state index in [-0.39, 0.29) is 18.3 Å². The molecule has 1 atom stereocenters. The molecule has 1 aliphatic rings. The molecule has 1 heterocycles. The van der Waals surface area contributed by atoms with Crippen LogP contribution >= 0.6 is 11.6 Å². The molecule has 4 rings (SSSR count). The summed E-state index contributed by atoms with van der Waals surface area (Å²) in [6.45, 7) is 2.00. The van der Waals surface area contributed by atoms with Crippen molar-refractivity contribution >= 4 is 23.4 Å². The molecule has 3 aromatic rings. The topological polar surface area (TPSA) is 59.2 Å². The summed E-state index contributed by atoms with van der Waals surface area (Å²) in [4.78, 5) is 28.5. The summed E-state index contributed by atoms with van der Waals surface area (Å²) in [5, 5.41) is 0.672. The van der Waals surface area contributed by atoms with E-state index in [0.29, 0.717) is 34.7 Å². The van der Waals surface area contributed by atoms with Crippen LogP contribution < -0.4 is 0 Å². The van der Waals surface area contributed by atoms with E-state index in [1.165, 1.54) is 0 Å². The molecule has 0 spiro atoms. The van der Waals surface area contributed by atoms with Crippen LogP contribution in [-0.2, 0) is 17.8 Å². The van der Waals surface area contributed by atoms with E-state index < -0.39 is 5.97 Å². The Labute approximate surface area is 168 Å². The zero-order valence-corrected chi connectivity index (χ0v) is 16.3. The van der Waals surface area contributed by atoms with E-state index in [1.54, 1.807) is 6.92 Å². The zero-order valence-electron chi connectivity index (χ0n) is 15.5. The molecule has 0 fully saturated rings. The summed E-state index contributed by atoms with van der Waals surface area (Å²) < 4.78 is 5.44. The third-order valence-corrected chi connectivity index (χ3v) is 5.50. The summed E-state index contributed by atoms with van der Waals surface area (Å²) >= 11 is 5.97. The number of fused-ring (bicyclic) bond motifs is 1. The van der Waals surface area contributed by atoms with Crippen molar-refractivity contribution in [2.45, 2.75) is 32.3 Å². The van der Waals surface area contributed by atoms with E-state index in [0.717, 1.165) is 16.8 Å². The number of halogens is 1. The molecule has 2 aromatic carbocycles. The average molecular weight is 394 g/mol. The summed E-state index contributed by atoms with van der Waals surface area (Å²) in [6.07, 6.45) is 1.10. The molecular weight excluding hydrogens is 374 g/mol. The van der Waals surface area contributed by atoms with Crippen LogP contribution in [0, 0.1) is 6.92 Å². The molecule has 1 aliphatic carbocycles. The van der Waals surface area contributed by atoms with Crippen LogP contribution in [0.5, 0.6) is 0 Å². The molecule has 28 heavy (non-hydrogen) atoms. The Kier molecular flexibility index (Phi) is 5.05. The number of aromatic amines is 1. The van der Waals surface area contributed by atoms with Gasteiger partial charge in [-0.25, -0.2) is 4.79 Å². The Balaban J connectivity index is 1.55. The maximum atomic E-state index is 12.8. The molecule has 0 radical (unpaired) electrons. The molecule has 142 valence electrons. The fourth-order valence-corrected chi connectivity index (χ4v) is 3.93. The molecule has 1 N–H and O–H groups in total. The lowest BCUT2D eigenvalue weighted by molar-refractivity contribution is 0.0465. The number of Topliss-reactive ketones (excluding diaryl/α,β-unsaturated/α-hetero) is 1. The maximum absolute atomic E-state index is 12.8. The lowest BCUT2D eigenvalue weighted by Crippen LogP contribution is -2.18. The monoisotopic (exact) mass is 393 g/mol. The number of benzene rings is 2. The van der Waals surface area contributed by atoms with Crippen molar-refractivity contribution in [3.05, 3.63) is 93.3 Å². The number of aromatic nitrogens is 1. The van der Waals surface area contributed by atoms with E-state index in [9.17, 15) is 9.59 Å². The molecule has 0 saturated heterocycles. The van der Waals surface area contributed by atoms with Gasteiger partial charge in [0.1, 0.15) is 12.3 Å². The minimum atomic E-state index is -0.438. The Morgan fingerprint density at radius 3 is 2.54 bits per heavy atom. The number of H-pyrrole nitrogens is 1. The normalized spacial score (nSPS) is 15.9. The number of ether oxygens (including phenoxy) is 1. The Bertz CT molecular complexity index is 1020. The van der Waals surface area contributed by atoms with Crippen LogP contribution in [0.3, 0.4) is 0 Å². The van der Waals surface area contributed by atoms with E-state index in [1.807, 2.05) is 54.6 Å². The summed E-state index contributed by atoms with van der Waals surface area (Å²) in [6, 6.07) is 17.1. The van der Waals surface area contributed by atoms with Gasteiger partial charge < -0.3 is 9.72 Å². The van der Waals surface area contributed by atoms with Crippen molar-refractivity contribution < 1.29 is 14.3 Å². The first-order valence-corrected chi connectivity index (χ1v) is 9.62. The predicted octanol–water partition coefficient (Wildman–Crippen LogP) is 5.25. The van der Waals surface area contributed by atoms with Gasteiger partial charge in [-0.1, -0.05) is 54.1 Å². The fraction of sp³-hybridized carbons (Fsp3) is 0.217. The highest BCUT2D eigenvalue weighted by Gasteiger charge is 2.32. The third kappa shape index (κ3) is 3.60. The molecule has 0 saturated carbocycles. The Morgan fingerprint density at radius 2 is 1.82 bits per heavy atom. The smallest absolute Gasteiger partial charge is 0.355 e. The van der Waals surface area contributed by atoms with Crippen molar-refractivity contribution in [1.82, 2.24) is 4.98 Å². The fourth-order valence-electron chi connectivity index (χ4n) is 3.80. The van der Waals surface area contributed by atoms with Crippen LogP contribution in [0.1, 0.15) is 55.6 Å². The van der Waals surface area contributed by atoms with Crippen LogP contribution in [0.4, 0.5) is 0 Å². The summed E-state index contributed by atoms with van der Waals surface area (Å²) in [5.41, 5.74) is 4.48. The zero-order chi connectivity index (χ0) is 19.7. The lowest BCUT2D eigenvalue weighted by Gasteiger charge is -2.22. The van der Waals surface area contributed by atoms with Crippen molar-refractivity contribution in [3.63, 3.8) is 0 Å². The minimum Gasteiger partial charge on any atom is -0.456 e. The third-order valence-electron chi connectivity index (χ3n) is 5.25. The summed E-state index contributed by atoms with van der Waals surface area (Å²) in [5.74, 6) is -0.313. The molecular formula is C23H20ClNO3. The van der Waals surface area contributed by atoms with Gasteiger partial charge in [-0.3, -0.25) is 4.79 Å². The number of hydrogen-bond donors (Lipinski definition) is 1. The highest BCUT2D eigenvalue weighted by molar-refractivity contribution is 6.30. The van der Waals surface area contributed by atoms with Crippen LogP contribution in [0.15, 0.2) is 54.6 Å². The number of hydrogen-bond acceptors (Lipinski definition) is 3. The summed E-state index contributed by atoms with van der Waals surface area (Å²) in [7, 11) is 0.